The highest BCUT2D eigenvalue weighted by Crippen LogP contribution is 2.33. The number of hydrogen-bond acceptors (Lipinski definition) is 3. The Morgan fingerprint density at radius 3 is 2.09 bits per heavy atom. The number of ether oxygens (including phenoxy) is 1. The lowest BCUT2D eigenvalue weighted by molar-refractivity contribution is -0.147. The van der Waals surface area contributed by atoms with E-state index in [0.717, 1.165) is 39.4 Å². The van der Waals surface area contributed by atoms with Gasteiger partial charge in [0.2, 0.25) is 0 Å². The normalized spacial score (nSPS) is 11.6. The van der Waals surface area contributed by atoms with E-state index in [2.05, 4.69) is 50.5 Å². The molecule has 0 aromatic heterocycles. The zero-order valence-electron chi connectivity index (χ0n) is 21.8. The van der Waals surface area contributed by atoms with Gasteiger partial charge in [0.1, 0.15) is 5.75 Å². The number of benzene rings is 2. The molecule has 6 nitrogen and oxygen atoms in total. The standard InChI is InChI=1S/C28H40N2O4/c1-17(2)21-11-9-12-22(18(3)4)25(21)30-27(33)29-23-15-20(6)24(16-19(23)5)34-14-10-13-28(7,8)26(31)32/h9,11-12,15-18H,10,13-14H2,1-8H3,(H,31,32)(H2,29,30,33). The van der Waals surface area contributed by atoms with E-state index in [0.29, 0.717) is 19.4 Å². The summed E-state index contributed by atoms with van der Waals surface area (Å²) in [6, 6.07) is 9.71. The van der Waals surface area contributed by atoms with E-state index >= 15 is 0 Å². The van der Waals surface area contributed by atoms with Gasteiger partial charge in [0.05, 0.1) is 12.0 Å². The van der Waals surface area contributed by atoms with Crippen molar-refractivity contribution in [3.05, 3.63) is 52.6 Å². The molecule has 0 radical (unpaired) electrons. The van der Waals surface area contributed by atoms with Crippen molar-refractivity contribution in [2.75, 3.05) is 17.2 Å². The molecule has 0 saturated heterocycles. The first-order chi connectivity index (χ1) is 15.8. The van der Waals surface area contributed by atoms with Crippen LogP contribution in [0.5, 0.6) is 5.75 Å². The number of hydrogen-bond donors (Lipinski definition) is 3. The summed E-state index contributed by atoms with van der Waals surface area (Å²) >= 11 is 0. The minimum absolute atomic E-state index is 0.276. The Morgan fingerprint density at radius 1 is 0.971 bits per heavy atom. The number of anilines is 2. The lowest BCUT2D eigenvalue weighted by atomic mass is 9.88. The van der Waals surface area contributed by atoms with Gasteiger partial charge in [-0.2, -0.15) is 0 Å². The van der Waals surface area contributed by atoms with Crippen molar-refractivity contribution < 1.29 is 19.4 Å². The number of carbonyl (C=O) groups is 2. The average molecular weight is 469 g/mol. The number of carboxylic acids is 1. The molecular weight excluding hydrogens is 428 g/mol. The molecule has 0 unspecified atom stereocenters. The van der Waals surface area contributed by atoms with Crippen LogP contribution in [0.25, 0.3) is 0 Å². The largest absolute Gasteiger partial charge is 0.493 e. The Bertz CT molecular complexity index is 999. The summed E-state index contributed by atoms with van der Waals surface area (Å²) in [4.78, 5) is 24.2. The highest BCUT2D eigenvalue weighted by Gasteiger charge is 2.26. The Hall–Kier alpha value is -3.02. The van der Waals surface area contributed by atoms with Gasteiger partial charge in [-0.1, -0.05) is 45.9 Å². The van der Waals surface area contributed by atoms with Gasteiger partial charge < -0.3 is 20.5 Å². The third kappa shape index (κ3) is 6.99. The lowest BCUT2D eigenvalue weighted by Gasteiger charge is -2.21. The molecule has 2 aromatic rings. The van der Waals surface area contributed by atoms with E-state index < -0.39 is 11.4 Å². The molecule has 34 heavy (non-hydrogen) atoms. The van der Waals surface area contributed by atoms with E-state index in [1.807, 2.05) is 32.0 Å². The minimum atomic E-state index is -0.801. The van der Waals surface area contributed by atoms with Gasteiger partial charge in [-0.3, -0.25) is 4.79 Å². The van der Waals surface area contributed by atoms with Crippen molar-refractivity contribution in [1.82, 2.24) is 0 Å². The summed E-state index contributed by atoms with van der Waals surface area (Å²) < 4.78 is 5.91. The van der Waals surface area contributed by atoms with Crippen LogP contribution >= 0.6 is 0 Å². The minimum Gasteiger partial charge on any atom is -0.493 e. The number of urea groups is 1. The monoisotopic (exact) mass is 468 g/mol. The van der Waals surface area contributed by atoms with E-state index in [4.69, 9.17) is 4.74 Å². The van der Waals surface area contributed by atoms with Crippen molar-refractivity contribution in [1.29, 1.82) is 0 Å². The maximum atomic E-state index is 12.9. The van der Waals surface area contributed by atoms with Gasteiger partial charge >= 0.3 is 12.0 Å². The van der Waals surface area contributed by atoms with Crippen LogP contribution < -0.4 is 15.4 Å². The summed E-state index contributed by atoms with van der Waals surface area (Å²) in [5, 5.41) is 15.3. The van der Waals surface area contributed by atoms with Crippen LogP contribution in [-0.2, 0) is 4.79 Å². The Balaban J connectivity index is 2.09. The highest BCUT2D eigenvalue weighted by molar-refractivity contribution is 6.01. The van der Waals surface area contributed by atoms with Crippen LogP contribution in [0.4, 0.5) is 16.2 Å². The smallest absolute Gasteiger partial charge is 0.323 e. The molecule has 0 aliphatic heterocycles. The summed E-state index contributed by atoms with van der Waals surface area (Å²) in [5.41, 5.74) is 4.87. The first kappa shape index (κ1) is 27.2. The predicted octanol–water partition coefficient (Wildman–Crippen LogP) is 7.46. The molecular formula is C28H40N2O4. The number of rotatable bonds is 10. The van der Waals surface area contributed by atoms with Crippen molar-refractivity contribution in [2.24, 2.45) is 5.41 Å². The maximum Gasteiger partial charge on any atom is 0.323 e. The fraction of sp³-hybridized carbons (Fsp3) is 0.500. The first-order valence-electron chi connectivity index (χ1n) is 12.0. The van der Waals surface area contributed by atoms with Gasteiger partial charge in [-0.25, -0.2) is 4.79 Å². The zero-order chi connectivity index (χ0) is 25.6. The molecule has 0 atom stereocenters. The summed E-state index contributed by atoms with van der Waals surface area (Å²) in [7, 11) is 0. The van der Waals surface area contributed by atoms with Crippen molar-refractivity contribution >= 4 is 23.4 Å². The Kier molecular flexibility index (Phi) is 9.14. The Morgan fingerprint density at radius 2 is 1.56 bits per heavy atom. The lowest BCUT2D eigenvalue weighted by Crippen LogP contribution is -2.24. The van der Waals surface area contributed by atoms with Gasteiger partial charge in [-0.15, -0.1) is 0 Å². The van der Waals surface area contributed by atoms with Crippen molar-refractivity contribution in [2.45, 2.75) is 80.1 Å². The molecule has 6 heteroatoms. The summed E-state index contributed by atoms with van der Waals surface area (Å²) in [6.07, 6.45) is 1.18. The molecule has 2 aromatic carbocycles. The highest BCUT2D eigenvalue weighted by atomic mass is 16.5. The average Bonchev–Trinajstić information content (AvgIpc) is 2.73. The second kappa shape index (κ2) is 11.4. The van der Waals surface area contributed by atoms with Crippen molar-refractivity contribution in [3.8, 4) is 5.75 Å². The maximum absolute atomic E-state index is 12.9. The molecule has 0 fully saturated rings. The molecule has 0 spiro atoms. The quantitative estimate of drug-likeness (QED) is 0.316. The van der Waals surface area contributed by atoms with Crippen molar-refractivity contribution in [3.63, 3.8) is 0 Å². The molecule has 3 N–H and O–H groups in total. The van der Waals surface area contributed by atoms with Crippen LogP contribution in [0.3, 0.4) is 0 Å². The predicted molar refractivity (Wildman–Crippen MR) is 139 cm³/mol. The van der Waals surface area contributed by atoms with Gasteiger partial charge in [0, 0.05) is 11.4 Å². The second-order valence-electron chi connectivity index (χ2n) is 10.3. The van der Waals surface area contributed by atoms with Crippen LogP contribution in [0, 0.1) is 19.3 Å². The Labute approximate surface area is 204 Å². The fourth-order valence-electron chi connectivity index (χ4n) is 3.85. The first-order valence-corrected chi connectivity index (χ1v) is 12.0. The second-order valence-corrected chi connectivity index (χ2v) is 10.3. The third-order valence-electron chi connectivity index (χ3n) is 6.16. The van der Waals surface area contributed by atoms with Gasteiger partial charge in [0.15, 0.2) is 0 Å². The molecule has 2 rings (SSSR count). The topological polar surface area (TPSA) is 87.7 Å². The molecule has 2 amide bonds. The third-order valence-corrected chi connectivity index (χ3v) is 6.16. The van der Waals surface area contributed by atoms with E-state index in [9.17, 15) is 14.7 Å². The van der Waals surface area contributed by atoms with Crippen LogP contribution in [-0.4, -0.2) is 23.7 Å². The number of para-hydroxylation sites is 1. The van der Waals surface area contributed by atoms with E-state index in [-0.39, 0.29) is 17.9 Å². The SMILES string of the molecule is Cc1cc(OCCCC(C)(C)C(=O)O)c(C)cc1NC(=O)Nc1c(C(C)C)cccc1C(C)C. The van der Waals surface area contributed by atoms with Gasteiger partial charge in [-0.05, 0) is 86.8 Å². The number of carbonyl (C=O) groups excluding carboxylic acids is 1. The van der Waals surface area contributed by atoms with Crippen LogP contribution in [0.2, 0.25) is 0 Å². The van der Waals surface area contributed by atoms with Crippen LogP contribution in [0.15, 0.2) is 30.3 Å². The number of amides is 2. The molecule has 186 valence electrons. The van der Waals surface area contributed by atoms with Crippen LogP contribution in [0.1, 0.15) is 88.5 Å². The van der Waals surface area contributed by atoms with E-state index in [1.54, 1.807) is 13.8 Å². The molecule has 0 aliphatic rings. The zero-order valence-corrected chi connectivity index (χ0v) is 21.8. The molecule has 0 bridgehead atoms. The fourth-order valence-corrected chi connectivity index (χ4v) is 3.85. The summed E-state index contributed by atoms with van der Waals surface area (Å²) in [6.45, 7) is 16.2. The van der Waals surface area contributed by atoms with Gasteiger partial charge in [0.25, 0.3) is 0 Å². The summed E-state index contributed by atoms with van der Waals surface area (Å²) in [5.74, 6) is 0.513. The molecule has 0 heterocycles. The number of carboxylic acid groups (broad SMARTS) is 1. The number of aryl methyl sites for hydroxylation is 2. The molecule has 0 saturated carbocycles. The number of nitrogens with one attached hydrogen (secondary N) is 2. The number of aliphatic carboxylic acids is 1. The van der Waals surface area contributed by atoms with E-state index in [1.165, 1.54) is 0 Å². The molecule has 0 aliphatic carbocycles.